The fourth-order valence-corrected chi connectivity index (χ4v) is 2.80. The summed E-state index contributed by atoms with van der Waals surface area (Å²) in [7, 11) is 0. The van der Waals surface area contributed by atoms with E-state index >= 15 is 0 Å². The van der Waals surface area contributed by atoms with Crippen molar-refractivity contribution >= 4 is 33.4 Å². The molecule has 90 valence electrons. The zero-order chi connectivity index (χ0) is 12.4. The van der Waals surface area contributed by atoms with Crippen molar-refractivity contribution in [3.05, 3.63) is 34.4 Å². The number of aromatic nitrogens is 2. The van der Waals surface area contributed by atoms with Crippen LogP contribution in [0.15, 0.2) is 38.7 Å². The highest BCUT2D eigenvalue weighted by Crippen LogP contribution is 2.34. The van der Waals surface area contributed by atoms with E-state index in [1.165, 1.54) is 0 Å². The molecule has 1 aromatic carbocycles. The van der Waals surface area contributed by atoms with E-state index in [0.29, 0.717) is 0 Å². The molecule has 1 aromatic heterocycles. The molecular formula is C12H14BrN3S. The van der Waals surface area contributed by atoms with Crippen LogP contribution in [0.5, 0.6) is 0 Å². The smallest absolute Gasteiger partial charge is 0.122 e. The standard InChI is InChI=1S/C12H14BrN3S/c1-3-16-12(11(14)8(2)15-16)17-10-6-4-9(13)5-7-10/h4-7H,3,14H2,1-2H3. The number of benzene rings is 1. The summed E-state index contributed by atoms with van der Waals surface area (Å²) < 4.78 is 3.02. The van der Waals surface area contributed by atoms with Crippen LogP contribution in [0.3, 0.4) is 0 Å². The van der Waals surface area contributed by atoms with Crippen molar-refractivity contribution in [2.24, 2.45) is 0 Å². The second kappa shape index (κ2) is 5.14. The number of hydrogen-bond acceptors (Lipinski definition) is 3. The highest BCUT2D eigenvalue weighted by atomic mass is 79.9. The van der Waals surface area contributed by atoms with Gasteiger partial charge < -0.3 is 5.73 Å². The first-order valence-corrected chi connectivity index (χ1v) is 6.99. The van der Waals surface area contributed by atoms with E-state index in [1.807, 2.05) is 23.7 Å². The zero-order valence-electron chi connectivity index (χ0n) is 9.77. The number of nitrogen functional groups attached to an aromatic ring is 1. The van der Waals surface area contributed by atoms with Crippen molar-refractivity contribution in [3.63, 3.8) is 0 Å². The summed E-state index contributed by atoms with van der Waals surface area (Å²) in [5.41, 5.74) is 7.72. The molecule has 2 N–H and O–H groups in total. The average molecular weight is 312 g/mol. The molecule has 0 unspecified atom stereocenters. The van der Waals surface area contributed by atoms with Crippen LogP contribution in [0.1, 0.15) is 12.6 Å². The van der Waals surface area contributed by atoms with Gasteiger partial charge in [0, 0.05) is 15.9 Å². The minimum atomic E-state index is 0.778. The largest absolute Gasteiger partial charge is 0.395 e. The number of nitrogens with two attached hydrogens (primary N) is 1. The molecule has 0 saturated heterocycles. The van der Waals surface area contributed by atoms with Crippen molar-refractivity contribution in [1.29, 1.82) is 0 Å². The Morgan fingerprint density at radius 3 is 2.59 bits per heavy atom. The highest BCUT2D eigenvalue weighted by molar-refractivity contribution is 9.10. The van der Waals surface area contributed by atoms with Crippen LogP contribution >= 0.6 is 27.7 Å². The van der Waals surface area contributed by atoms with Gasteiger partial charge in [-0.2, -0.15) is 5.10 Å². The lowest BCUT2D eigenvalue weighted by molar-refractivity contribution is 0.602. The first-order chi connectivity index (χ1) is 8.11. The molecule has 0 saturated carbocycles. The predicted octanol–water partition coefficient (Wildman–Crippen LogP) is 3.71. The maximum absolute atomic E-state index is 6.04. The maximum Gasteiger partial charge on any atom is 0.122 e. The second-order valence-corrected chi connectivity index (χ2v) is 5.65. The molecule has 2 rings (SSSR count). The van der Waals surface area contributed by atoms with E-state index in [4.69, 9.17) is 5.73 Å². The van der Waals surface area contributed by atoms with Gasteiger partial charge in [0.15, 0.2) is 0 Å². The summed E-state index contributed by atoms with van der Waals surface area (Å²) in [4.78, 5) is 1.16. The summed E-state index contributed by atoms with van der Waals surface area (Å²) in [5, 5.41) is 5.42. The number of hydrogen-bond donors (Lipinski definition) is 1. The number of anilines is 1. The van der Waals surface area contributed by atoms with Crippen molar-refractivity contribution in [2.45, 2.75) is 30.3 Å². The van der Waals surface area contributed by atoms with Gasteiger partial charge >= 0.3 is 0 Å². The number of rotatable bonds is 3. The van der Waals surface area contributed by atoms with E-state index in [9.17, 15) is 0 Å². The van der Waals surface area contributed by atoms with Gasteiger partial charge in [-0.1, -0.05) is 27.7 Å². The van der Waals surface area contributed by atoms with Crippen LogP contribution < -0.4 is 5.73 Å². The van der Waals surface area contributed by atoms with Crippen molar-refractivity contribution in [1.82, 2.24) is 9.78 Å². The van der Waals surface area contributed by atoms with Crippen LogP contribution in [0.4, 0.5) is 5.69 Å². The SMILES string of the molecule is CCn1nc(C)c(N)c1Sc1ccc(Br)cc1. The normalized spacial score (nSPS) is 10.8. The summed E-state index contributed by atoms with van der Waals surface area (Å²) in [6.45, 7) is 4.83. The molecular weight excluding hydrogens is 298 g/mol. The summed E-state index contributed by atoms with van der Waals surface area (Å²) >= 11 is 5.08. The molecule has 0 spiro atoms. The summed E-state index contributed by atoms with van der Waals surface area (Å²) in [6, 6.07) is 8.18. The van der Waals surface area contributed by atoms with Crippen LogP contribution in [0, 0.1) is 6.92 Å². The van der Waals surface area contributed by atoms with Crippen LogP contribution in [-0.2, 0) is 6.54 Å². The van der Waals surface area contributed by atoms with Crippen molar-refractivity contribution in [2.75, 3.05) is 5.73 Å². The van der Waals surface area contributed by atoms with Gasteiger partial charge in [0.1, 0.15) is 5.03 Å². The van der Waals surface area contributed by atoms with Crippen molar-refractivity contribution in [3.8, 4) is 0 Å². The molecule has 0 aliphatic heterocycles. The first kappa shape index (κ1) is 12.5. The monoisotopic (exact) mass is 311 g/mol. The quantitative estimate of drug-likeness (QED) is 0.939. The van der Waals surface area contributed by atoms with Gasteiger partial charge in [-0.05, 0) is 38.1 Å². The molecule has 0 aliphatic carbocycles. The van der Waals surface area contributed by atoms with E-state index < -0.39 is 0 Å². The van der Waals surface area contributed by atoms with Gasteiger partial charge in [-0.3, -0.25) is 4.68 Å². The average Bonchev–Trinajstić information content (AvgIpc) is 2.59. The van der Waals surface area contributed by atoms with Gasteiger partial charge in [0.25, 0.3) is 0 Å². The molecule has 1 heterocycles. The molecule has 17 heavy (non-hydrogen) atoms. The molecule has 2 aromatic rings. The summed E-state index contributed by atoms with van der Waals surface area (Å²) in [6.07, 6.45) is 0. The Hall–Kier alpha value is -0.940. The molecule has 0 fully saturated rings. The Balaban J connectivity index is 2.32. The lowest BCUT2D eigenvalue weighted by Gasteiger charge is -2.05. The third kappa shape index (κ3) is 2.66. The van der Waals surface area contributed by atoms with Crippen LogP contribution in [0.25, 0.3) is 0 Å². The predicted molar refractivity (Wildman–Crippen MR) is 75.3 cm³/mol. The molecule has 0 bridgehead atoms. The zero-order valence-corrected chi connectivity index (χ0v) is 12.2. The van der Waals surface area contributed by atoms with Gasteiger partial charge in [-0.15, -0.1) is 0 Å². The lowest BCUT2D eigenvalue weighted by Crippen LogP contribution is -1.98. The summed E-state index contributed by atoms with van der Waals surface area (Å²) in [5.74, 6) is 0. The minimum absolute atomic E-state index is 0.778. The fourth-order valence-electron chi connectivity index (χ4n) is 1.51. The molecule has 5 heteroatoms. The Morgan fingerprint density at radius 2 is 2.00 bits per heavy atom. The first-order valence-electron chi connectivity index (χ1n) is 5.38. The Morgan fingerprint density at radius 1 is 1.35 bits per heavy atom. The molecule has 3 nitrogen and oxygen atoms in total. The Labute approximate surface area is 114 Å². The second-order valence-electron chi connectivity index (χ2n) is 3.68. The van der Waals surface area contributed by atoms with E-state index in [1.54, 1.807) is 11.8 Å². The Kier molecular flexibility index (Phi) is 3.79. The molecule has 0 atom stereocenters. The van der Waals surface area contributed by atoms with Gasteiger partial charge in [0.05, 0.1) is 11.4 Å². The molecule has 0 radical (unpaired) electrons. The van der Waals surface area contributed by atoms with Crippen molar-refractivity contribution < 1.29 is 0 Å². The topological polar surface area (TPSA) is 43.8 Å². The third-order valence-electron chi connectivity index (χ3n) is 2.45. The van der Waals surface area contributed by atoms with Gasteiger partial charge in [0.2, 0.25) is 0 Å². The number of nitrogens with zero attached hydrogens (tertiary/aromatic N) is 2. The van der Waals surface area contributed by atoms with E-state index in [-0.39, 0.29) is 0 Å². The number of aryl methyl sites for hydroxylation is 2. The molecule has 0 aliphatic rings. The Bertz CT molecular complexity index is 519. The highest BCUT2D eigenvalue weighted by Gasteiger charge is 2.12. The minimum Gasteiger partial charge on any atom is -0.395 e. The van der Waals surface area contributed by atoms with E-state index in [2.05, 4.69) is 40.1 Å². The van der Waals surface area contributed by atoms with Crippen LogP contribution in [0.2, 0.25) is 0 Å². The fraction of sp³-hybridized carbons (Fsp3) is 0.250. The van der Waals surface area contributed by atoms with Gasteiger partial charge in [-0.25, -0.2) is 0 Å². The molecule has 0 amide bonds. The number of halogens is 1. The maximum atomic E-state index is 6.04. The third-order valence-corrected chi connectivity index (χ3v) is 4.11. The van der Waals surface area contributed by atoms with E-state index in [0.717, 1.165) is 32.3 Å². The lowest BCUT2D eigenvalue weighted by atomic mass is 10.4. The van der Waals surface area contributed by atoms with Crippen LogP contribution in [-0.4, -0.2) is 9.78 Å².